The second-order valence-electron chi connectivity index (χ2n) is 5.93. The van der Waals surface area contributed by atoms with Crippen LogP contribution in [0.4, 0.5) is 5.69 Å². The van der Waals surface area contributed by atoms with Crippen LogP contribution in [0.1, 0.15) is 44.1 Å². The fourth-order valence-corrected chi connectivity index (χ4v) is 3.36. The summed E-state index contributed by atoms with van der Waals surface area (Å²) in [6, 6.07) is 6.83. The number of para-hydroxylation sites is 1. The number of ether oxygens (including phenoxy) is 1. The highest BCUT2D eigenvalue weighted by Gasteiger charge is 2.37. The summed E-state index contributed by atoms with van der Waals surface area (Å²) in [5.74, 6) is 0.664. The number of benzene rings is 1. The van der Waals surface area contributed by atoms with Gasteiger partial charge < -0.3 is 4.74 Å². The Morgan fingerprint density at radius 3 is 2.71 bits per heavy atom. The standard InChI is InChI=1S/C16H20N2O3/c19-18(20)14-7-3-2-6-13(14)12-15-17-11-10-16(21-15)8-4-1-5-9-16/h2-3,6-7H,1,4-5,8-12H2. The minimum Gasteiger partial charge on any atom is -0.474 e. The van der Waals surface area contributed by atoms with E-state index in [9.17, 15) is 10.1 Å². The molecule has 1 spiro atoms. The zero-order valence-electron chi connectivity index (χ0n) is 12.1. The minimum atomic E-state index is -0.338. The van der Waals surface area contributed by atoms with Gasteiger partial charge in [0.25, 0.3) is 5.69 Å². The first-order chi connectivity index (χ1) is 10.2. The van der Waals surface area contributed by atoms with Crippen molar-refractivity contribution in [2.24, 2.45) is 4.99 Å². The second kappa shape index (κ2) is 5.84. The van der Waals surface area contributed by atoms with Gasteiger partial charge in [0.05, 0.1) is 11.3 Å². The van der Waals surface area contributed by atoms with Crippen LogP contribution in [-0.4, -0.2) is 23.0 Å². The third kappa shape index (κ3) is 3.06. The van der Waals surface area contributed by atoms with Gasteiger partial charge in [-0.25, -0.2) is 0 Å². The van der Waals surface area contributed by atoms with E-state index < -0.39 is 0 Å². The molecular formula is C16H20N2O3. The Balaban J connectivity index is 1.76. The molecule has 112 valence electrons. The predicted molar refractivity (Wildman–Crippen MR) is 80.6 cm³/mol. The van der Waals surface area contributed by atoms with Gasteiger partial charge in [-0.2, -0.15) is 0 Å². The summed E-state index contributed by atoms with van der Waals surface area (Å²) in [4.78, 5) is 15.2. The Morgan fingerprint density at radius 2 is 1.95 bits per heavy atom. The Hall–Kier alpha value is -1.91. The molecule has 0 atom stereocenters. The molecule has 0 radical (unpaired) electrons. The van der Waals surface area contributed by atoms with Crippen molar-refractivity contribution in [3.8, 4) is 0 Å². The van der Waals surface area contributed by atoms with Crippen LogP contribution in [0.5, 0.6) is 0 Å². The Morgan fingerprint density at radius 1 is 1.19 bits per heavy atom. The molecule has 5 heteroatoms. The van der Waals surface area contributed by atoms with Crippen molar-refractivity contribution in [2.45, 2.75) is 50.5 Å². The molecule has 0 aromatic heterocycles. The largest absolute Gasteiger partial charge is 0.474 e. The molecule has 1 aromatic rings. The third-order valence-corrected chi connectivity index (χ3v) is 4.48. The van der Waals surface area contributed by atoms with Gasteiger partial charge in [0.1, 0.15) is 5.60 Å². The molecule has 21 heavy (non-hydrogen) atoms. The molecule has 1 aliphatic carbocycles. The molecule has 0 amide bonds. The highest BCUT2D eigenvalue weighted by molar-refractivity contribution is 5.80. The average molecular weight is 288 g/mol. The van der Waals surface area contributed by atoms with Crippen LogP contribution in [0.3, 0.4) is 0 Å². The van der Waals surface area contributed by atoms with Crippen molar-refractivity contribution in [3.05, 3.63) is 39.9 Å². The molecule has 0 N–H and O–H groups in total. The van der Waals surface area contributed by atoms with Crippen LogP contribution in [-0.2, 0) is 11.2 Å². The lowest BCUT2D eigenvalue weighted by atomic mass is 9.81. The van der Waals surface area contributed by atoms with Crippen molar-refractivity contribution in [3.63, 3.8) is 0 Å². The highest BCUT2D eigenvalue weighted by atomic mass is 16.6. The van der Waals surface area contributed by atoms with Crippen molar-refractivity contribution in [1.29, 1.82) is 0 Å². The van der Waals surface area contributed by atoms with Crippen molar-refractivity contribution >= 4 is 11.6 Å². The van der Waals surface area contributed by atoms with Gasteiger partial charge in [-0.15, -0.1) is 0 Å². The zero-order chi connectivity index (χ0) is 14.7. The van der Waals surface area contributed by atoms with E-state index in [0.29, 0.717) is 17.9 Å². The normalized spacial score (nSPS) is 20.7. The van der Waals surface area contributed by atoms with Crippen molar-refractivity contribution in [1.82, 2.24) is 0 Å². The van der Waals surface area contributed by atoms with Crippen LogP contribution < -0.4 is 0 Å². The minimum absolute atomic E-state index is 0.0567. The molecular weight excluding hydrogens is 268 g/mol. The summed E-state index contributed by atoms with van der Waals surface area (Å²) >= 11 is 0. The molecule has 1 aliphatic heterocycles. The number of aliphatic imine (C=N–C) groups is 1. The van der Waals surface area contributed by atoms with Gasteiger partial charge in [-0.05, 0) is 25.7 Å². The second-order valence-corrected chi connectivity index (χ2v) is 5.93. The molecule has 5 nitrogen and oxygen atoms in total. The van der Waals surface area contributed by atoms with Crippen LogP contribution in [0.2, 0.25) is 0 Å². The SMILES string of the molecule is O=[N+]([O-])c1ccccc1CC1=NCCC2(CCCCC2)O1. The summed E-state index contributed by atoms with van der Waals surface area (Å²) in [5.41, 5.74) is 0.764. The molecule has 1 heterocycles. The lowest BCUT2D eigenvalue weighted by Gasteiger charge is -2.40. The summed E-state index contributed by atoms with van der Waals surface area (Å²) < 4.78 is 6.18. The Bertz CT molecular complexity index is 562. The topological polar surface area (TPSA) is 64.7 Å². The van der Waals surface area contributed by atoms with Gasteiger partial charge in [-0.3, -0.25) is 15.1 Å². The predicted octanol–water partition coefficient (Wildman–Crippen LogP) is 3.66. The first-order valence-electron chi connectivity index (χ1n) is 7.63. The molecule has 3 rings (SSSR count). The van der Waals surface area contributed by atoms with E-state index in [1.807, 2.05) is 6.07 Å². The lowest BCUT2D eigenvalue weighted by Crippen LogP contribution is -2.41. The van der Waals surface area contributed by atoms with Crippen LogP contribution in [0, 0.1) is 10.1 Å². The van der Waals surface area contributed by atoms with Crippen LogP contribution >= 0.6 is 0 Å². The molecule has 1 saturated carbocycles. The summed E-state index contributed by atoms with van der Waals surface area (Å²) in [6.45, 7) is 0.774. The maximum Gasteiger partial charge on any atom is 0.273 e. The van der Waals surface area contributed by atoms with Gasteiger partial charge in [-0.1, -0.05) is 24.6 Å². The van der Waals surface area contributed by atoms with Gasteiger partial charge in [0.2, 0.25) is 0 Å². The Labute approximate surface area is 124 Å². The first-order valence-corrected chi connectivity index (χ1v) is 7.63. The summed E-state index contributed by atoms with van der Waals surface area (Å²) in [6.07, 6.45) is 7.26. The fourth-order valence-electron chi connectivity index (χ4n) is 3.36. The average Bonchev–Trinajstić information content (AvgIpc) is 2.48. The van der Waals surface area contributed by atoms with E-state index >= 15 is 0 Å². The number of nitro benzene ring substituents is 1. The van der Waals surface area contributed by atoms with Gasteiger partial charge in [0, 0.05) is 24.6 Å². The number of nitro groups is 1. The van der Waals surface area contributed by atoms with Crippen molar-refractivity contribution < 1.29 is 9.66 Å². The first kappa shape index (κ1) is 14.0. The molecule has 0 bridgehead atoms. The van der Waals surface area contributed by atoms with E-state index in [-0.39, 0.29) is 16.2 Å². The molecule has 0 saturated heterocycles. The monoisotopic (exact) mass is 288 g/mol. The molecule has 0 unspecified atom stereocenters. The van der Waals surface area contributed by atoms with E-state index in [1.54, 1.807) is 12.1 Å². The number of rotatable bonds is 3. The number of hydrogen-bond donors (Lipinski definition) is 0. The summed E-state index contributed by atoms with van der Waals surface area (Å²) in [5, 5.41) is 11.1. The van der Waals surface area contributed by atoms with Gasteiger partial charge >= 0.3 is 0 Å². The third-order valence-electron chi connectivity index (χ3n) is 4.48. The van der Waals surface area contributed by atoms with E-state index in [1.165, 1.54) is 25.3 Å². The van der Waals surface area contributed by atoms with Crippen LogP contribution in [0.15, 0.2) is 29.3 Å². The van der Waals surface area contributed by atoms with E-state index in [0.717, 1.165) is 25.8 Å². The highest BCUT2D eigenvalue weighted by Crippen LogP contribution is 2.37. The number of hydrogen-bond acceptors (Lipinski definition) is 4. The zero-order valence-corrected chi connectivity index (χ0v) is 12.1. The molecule has 1 aromatic carbocycles. The smallest absolute Gasteiger partial charge is 0.273 e. The lowest BCUT2D eigenvalue weighted by molar-refractivity contribution is -0.385. The number of nitrogens with zero attached hydrogens (tertiary/aromatic N) is 2. The van der Waals surface area contributed by atoms with E-state index in [2.05, 4.69) is 4.99 Å². The molecule has 1 fully saturated rings. The van der Waals surface area contributed by atoms with E-state index in [4.69, 9.17) is 4.74 Å². The Kier molecular flexibility index (Phi) is 3.90. The maximum atomic E-state index is 11.1. The van der Waals surface area contributed by atoms with Crippen LogP contribution in [0.25, 0.3) is 0 Å². The van der Waals surface area contributed by atoms with Gasteiger partial charge in [0.15, 0.2) is 5.90 Å². The quantitative estimate of drug-likeness (QED) is 0.629. The summed E-state index contributed by atoms with van der Waals surface area (Å²) in [7, 11) is 0. The van der Waals surface area contributed by atoms with Crippen molar-refractivity contribution in [2.75, 3.05) is 6.54 Å². The maximum absolute atomic E-state index is 11.1. The fraction of sp³-hybridized carbons (Fsp3) is 0.562. The molecule has 2 aliphatic rings.